The number of nitrogens with one attached hydrogen (secondary N) is 2. The minimum absolute atomic E-state index is 0.00779. The highest BCUT2D eigenvalue weighted by atomic mass is 16.5. The second-order valence-electron chi connectivity index (χ2n) is 6.78. The average Bonchev–Trinajstić information content (AvgIpc) is 3.13. The Morgan fingerprint density at radius 2 is 2.04 bits per heavy atom. The lowest BCUT2D eigenvalue weighted by Crippen LogP contribution is -2.25. The fourth-order valence-corrected chi connectivity index (χ4v) is 3.82. The Bertz CT molecular complexity index is 1110. The van der Waals surface area contributed by atoms with Crippen molar-refractivity contribution in [2.45, 2.75) is 19.3 Å². The van der Waals surface area contributed by atoms with Gasteiger partial charge in [0.15, 0.2) is 6.61 Å². The Balaban J connectivity index is 1.54. The number of pyridine rings is 1. The van der Waals surface area contributed by atoms with Gasteiger partial charge in [-0.2, -0.15) is 0 Å². The number of aromatic nitrogens is 1. The highest BCUT2D eigenvalue weighted by Crippen LogP contribution is 2.33. The van der Waals surface area contributed by atoms with Crippen molar-refractivity contribution in [2.24, 2.45) is 0 Å². The second kappa shape index (κ2) is 6.09. The Morgan fingerprint density at radius 3 is 2.96 bits per heavy atom. The van der Waals surface area contributed by atoms with Gasteiger partial charge in [0.25, 0.3) is 11.8 Å². The van der Waals surface area contributed by atoms with E-state index >= 15 is 0 Å². The quantitative estimate of drug-likeness (QED) is 0.736. The number of hydrogen-bond donors (Lipinski definition) is 2. The fraction of sp³-hybridized carbons (Fsp3) is 0.190. The molecule has 0 atom stereocenters. The molecule has 6 heteroatoms. The molecule has 2 aliphatic rings. The first kappa shape index (κ1) is 15.8. The van der Waals surface area contributed by atoms with Crippen LogP contribution in [0.15, 0.2) is 42.5 Å². The number of rotatable bonds is 2. The van der Waals surface area contributed by atoms with Crippen LogP contribution in [0.4, 0.5) is 11.4 Å². The van der Waals surface area contributed by atoms with E-state index in [4.69, 9.17) is 9.72 Å². The summed E-state index contributed by atoms with van der Waals surface area (Å²) in [5.41, 5.74) is 4.78. The first-order valence-electron chi connectivity index (χ1n) is 8.97. The standard InChI is InChI=1S/C21H17N3O3/c25-19-11-27-18-9-8-12(10-17(18)24-19)22-21(26)20-13-4-1-2-6-15(13)23-16-7-3-5-14(16)20/h1-2,4,6,8-10H,3,5,7,11H2,(H,22,26)(H,24,25). The van der Waals surface area contributed by atoms with Crippen LogP contribution in [0.1, 0.15) is 28.0 Å². The van der Waals surface area contributed by atoms with Crippen LogP contribution < -0.4 is 15.4 Å². The molecule has 2 heterocycles. The molecule has 0 fully saturated rings. The minimum Gasteiger partial charge on any atom is -0.482 e. The number of nitrogens with zero attached hydrogens (tertiary/aromatic N) is 1. The molecular formula is C21H17N3O3. The highest BCUT2D eigenvalue weighted by Gasteiger charge is 2.24. The maximum absolute atomic E-state index is 13.2. The number of fused-ring (bicyclic) bond motifs is 3. The number of para-hydroxylation sites is 1. The number of carbonyl (C=O) groups is 2. The Morgan fingerprint density at radius 1 is 1.15 bits per heavy atom. The Labute approximate surface area is 155 Å². The molecule has 6 nitrogen and oxygen atoms in total. The molecule has 0 unspecified atom stereocenters. The second-order valence-corrected chi connectivity index (χ2v) is 6.78. The number of amides is 2. The van der Waals surface area contributed by atoms with Crippen LogP contribution >= 0.6 is 0 Å². The number of aryl methyl sites for hydroxylation is 1. The van der Waals surface area contributed by atoms with Crippen LogP contribution in [0, 0.1) is 0 Å². The van der Waals surface area contributed by atoms with E-state index in [1.807, 2.05) is 24.3 Å². The molecule has 0 saturated carbocycles. The van der Waals surface area contributed by atoms with Crippen molar-refractivity contribution in [3.05, 3.63) is 59.3 Å². The SMILES string of the molecule is O=C1COc2ccc(NC(=O)c3c4c(nc5ccccc35)CCC4)cc2N1. The van der Waals surface area contributed by atoms with Crippen molar-refractivity contribution in [1.29, 1.82) is 0 Å². The summed E-state index contributed by atoms with van der Waals surface area (Å²) >= 11 is 0. The topological polar surface area (TPSA) is 80.3 Å². The summed E-state index contributed by atoms with van der Waals surface area (Å²) in [7, 11) is 0. The zero-order chi connectivity index (χ0) is 18.4. The first-order valence-corrected chi connectivity index (χ1v) is 8.97. The van der Waals surface area contributed by atoms with Gasteiger partial charge in [-0.25, -0.2) is 0 Å². The molecule has 1 aliphatic heterocycles. The summed E-state index contributed by atoms with van der Waals surface area (Å²) < 4.78 is 5.37. The van der Waals surface area contributed by atoms with Gasteiger partial charge < -0.3 is 15.4 Å². The molecule has 0 radical (unpaired) electrons. The third-order valence-corrected chi connectivity index (χ3v) is 5.02. The molecule has 5 rings (SSSR count). The van der Waals surface area contributed by atoms with E-state index in [1.165, 1.54) is 0 Å². The molecule has 0 spiro atoms. The van der Waals surface area contributed by atoms with Gasteiger partial charge in [0, 0.05) is 16.8 Å². The smallest absolute Gasteiger partial charge is 0.262 e. The van der Waals surface area contributed by atoms with E-state index in [9.17, 15) is 9.59 Å². The van der Waals surface area contributed by atoms with Crippen molar-refractivity contribution < 1.29 is 14.3 Å². The minimum atomic E-state index is -0.205. The van der Waals surface area contributed by atoms with Crippen LogP contribution in [0.25, 0.3) is 10.9 Å². The molecule has 1 aromatic heterocycles. The fourth-order valence-electron chi connectivity index (χ4n) is 3.82. The molecule has 134 valence electrons. The lowest BCUT2D eigenvalue weighted by atomic mass is 10.0. The Hall–Kier alpha value is -3.41. The van der Waals surface area contributed by atoms with Crippen molar-refractivity contribution in [3.8, 4) is 5.75 Å². The van der Waals surface area contributed by atoms with Gasteiger partial charge in [-0.15, -0.1) is 0 Å². The zero-order valence-electron chi connectivity index (χ0n) is 14.5. The van der Waals surface area contributed by atoms with Gasteiger partial charge in [-0.1, -0.05) is 18.2 Å². The summed E-state index contributed by atoms with van der Waals surface area (Å²) in [5, 5.41) is 6.60. The van der Waals surface area contributed by atoms with Gasteiger partial charge in [0.2, 0.25) is 0 Å². The van der Waals surface area contributed by atoms with Crippen molar-refractivity contribution in [1.82, 2.24) is 4.98 Å². The van der Waals surface area contributed by atoms with E-state index in [1.54, 1.807) is 18.2 Å². The van der Waals surface area contributed by atoms with Gasteiger partial charge >= 0.3 is 0 Å². The summed E-state index contributed by atoms with van der Waals surface area (Å²) in [5.74, 6) is 0.238. The molecular weight excluding hydrogens is 342 g/mol. The van der Waals surface area contributed by atoms with Gasteiger partial charge in [-0.3, -0.25) is 14.6 Å². The largest absolute Gasteiger partial charge is 0.482 e. The van der Waals surface area contributed by atoms with E-state index in [2.05, 4.69) is 10.6 Å². The normalized spacial score (nSPS) is 14.9. The molecule has 2 N–H and O–H groups in total. The van der Waals surface area contributed by atoms with Gasteiger partial charge in [-0.05, 0) is 49.1 Å². The number of anilines is 2. The molecule has 2 amide bonds. The highest BCUT2D eigenvalue weighted by molar-refractivity contribution is 6.14. The lowest BCUT2D eigenvalue weighted by molar-refractivity contribution is -0.118. The van der Waals surface area contributed by atoms with Crippen molar-refractivity contribution >= 4 is 34.1 Å². The van der Waals surface area contributed by atoms with Gasteiger partial charge in [0.1, 0.15) is 5.75 Å². The third kappa shape index (κ3) is 2.70. The Kier molecular flexibility index (Phi) is 3.57. The predicted octanol–water partition coefficient (Wildman–Crippen LogP) is 3.31. The van der Waals surface area contributed by atoms with Crippen LogP contribution in [0.5, 0.6) is 5.75 Å². The van der Waals surface area contributed by atoms with E-state index in [0.717, 1.165) is 41.4 Å². The molecule has 0 saturated heterocycles. The number of carbonyl (C=O) groups excluding carboxylic acids is 2. The van der Waals surface area contributed by atoms with Crippen LogP contribution in [-0.2, 0) is 17.6 Å². The summed E-state index contributed by atoms with van der Waals surface area (Å²) in [4.78, 5) is 29.4. The maximum Gasteiger partial charge on any atom is 0.262 e. The predicted molar refractivity (Wildman–Crippen MR) is 102 cm³/mol. The first-order chi connectivity index (χ1) is 13.2. The molecule has 1 aliphatic carbocycles. The van der Waals surface area contributed by atoms with Gasteiger partial charge in [0.05, 0.1) is 16.8 Å². The summed E-state index contributed by atoms with van der Waals surface area (Å²) in [6.45, 7) is 0.00779. The molecule has 27 heavy (non-hydrogen) atoms. The monoisotopic (exact) mass is 359 g/mol. The maximum atomic E-state index is 13.2. The summed E-state index contributed by atoms with van der Waals surface area (Å²) in [6, 6.07) is 13.0. The van der Waals surface area contributed by atoms with Crippen LogP contribution in [-0.4, -0.2) is 23.4 Å². The molecule has 2 aromatic carbocycles. The van der Waals surface area contributed by atoms with Crippen molar-refractivity contribution in [2.75, 3.05) is 17.2 Å². The van der Waals surface area contributed by atoms with E-state index in [-0.39, 0.29) is 18.4 Å². The molecule has 3 aromatic rings. The lowest BCUT2D eigenvalue weighted by Gasteiger charge is -2.19. The van der Waals surface area contributed by atoms with E-state index < -0.39 is 0 Å². The zero-order valence-corrected chi connectivity index (χ0v) is 14.5. The van der Waals surface area contributed by atoms with Crippen LogP contribution in [0.3, 0.4) is 0 Å². The molecule has 0 bridgehead atoms. The van der Waals surface area contributed by atoms with Crippen molar-refractivity contribution in [3.63, 3.8) is 0 Å². The number of benzene rings is 2. The third-order valence-electron chi connectivity index (χ3n) is 5.02. The number of hydrogen-bond acceptors (Lipinski definition) is 4. The van der Waals surface area contributed by atoms with E-state index in [0.29, 0.717) is 22.7 Å². The number of ether oxygens (including phenoxy) is 1. The van der Waals surface area contributed by atoms with Crippen LogP contribution in [0.2, 0.25) is 0 Å². The average molecular weight is 359 g/mol. The summed E-state index contributed by atoms with van der Waals surface area (Å²) in [6.07, 6.45) is 2.79.